The fourth-order valence-corrected chi connectivity index (χ4v) is 9.32. The Bertz CT molecular complexity index is 3830. The van der Waals surface area contributed by atoms with E-state index in [4.69, 9.17) is 14.4 Å². The van der Waals surface area contributed by atoms with Crippen molar-refractivity contribution < 1.29 is 4.42 Å². The highest BCUT2D eigenvalue weighted by Gasteiger charge is 2.21. The summed E-state index contributed by atoms with van der Waals surface area (Å²) in [5.74, 6) is 0.625. The number of para-hydroxylation sites is 3. The van der Waals surface area contributed by atoms with E-state index in [1.54, 1.807) is 0 Å². The maximum Gasteiger partial charge on any atom is 0.235 e. The van der Waals surface area contributed by atoms with Crippen molar-refractivity contribution in [2.24, 2.45) is 0 Å². The lowest BCUT2D eigenvalue weighted by atomic mass is 10.0. The summed E-state index contributed by atoms with van der Waals surface area (Å²) >= 11 is 0. The van der Waals surface area contributed by atoms with Crippen molar-refractivity contribution in [2.75, 3.05) is 0 Å². The van der Waals surface area contributed by atoms with Gasteiger partial charge in [0.2, 0.25) is 5.95 Å². The molecule has 9 aromatic carbocycles. The zero-order valence-corrected chi connectivity index (χ0v) is 30.5. The van der Waals surface area contributed by atoms with Crippen molar-refractivity contribution in [3.63, 3.8) is 0 Å². The molecule has 0 fully saturated rings. The molecule has 0 unspecified atom stereocenters. The maximum absolute atomic E-state index is 6.35. The molecule has 0 atom stereocenters. The predicted octanol–water partition coefficient (Wildman–Crippen LogP) is 13.7. The Morgan fingerprint density at radius 1 is 0.368 bits per heavy atom. The van der Waals surface area contributed by atoms with Gasteiger partial charge in [0, 0.05) is 49.0 Å². The lowest BCUT2D eigenvalue weighted by Crippen LogP contribution is -2.03. The molecule has 0 saturated carbocycles. The molecule has 5 nitrogen and oxygen atoms in total. The second-order valence-electron chi connectivity index (χ2n) is 15.0. The summed E-state index contributed by atoms with van der Waals surface area (Å²) in [6.45, 7) is 0. The van der Waals surface area contributed by atoms with Crippen molar-refractivity contribution in [1.29, 1.82) is 0 Å². The fourth-order valence-electron chi connectivity index (χ4n) is 9.32. The van der Waals surface area contributed by atoms with Crippen LogP contribution >= 0.6 is 0 Å². The molecule has 4 heterocycles. The topological polar surface area (TPSA) is 48.8 Å². The monoisotopic (exact) mass is 726 g/mol. The van der Waals surface area contributed by atoms with Crippen LogP contribution in [0.2, 0.25) is 0 Å². The van der Waals surface area contributed by atoms with Gasteiger partial charge >= 0.3 is 0 Å². The fraction of sp³-hybridized carbons (Fsp3) is 0. The Hall–Kier alpha value is -7.76. The molecule has 0 radical (unpaired) electrons. The Morgan fingerprint density at radius 2 is 1.05 bits per heavy atom. The molecular formula is C52H30N4O. The minimum atomic E-state index is 0.625. The van der Waals surface area contributed by atoms with Crippen molar-refractivity contribution in [2.45, 2.75) is 0 Å². The van der Waals surface area contributed by atoms with E-state index in [9.17, 15) is 0 Å². The van der Waals surface area contributed by atoms with Crippen LogP contribution in [0.5, 0.6) is 0 Å². The quantitative estimate of drug-likeness (QED) is 0.182. The first-order valence-electron chi connectivity index (χ1n) is 19.3. The van der Waals surface area contributed by atoms with Gasteiger partial charge in [-0.1, -0.05) is 115 Å². The third-order valence-corrected chi connectivity index (χ3v) is 11.9. The first kappa shape index (κ1) is 30.6. The largest absolute Gasteiger partial charge is 0.456 e. The molecule has 4 aromatic heterocycles. The lowest BCUT2D eigenvalue weighted by Gasteiger charge is -2.12. The summed E-state index contributed by atoms with van der Waals surface area (Å²) in [5.41, 5.74) is 10.0. The molecule has 264 valence electrons. The zero-order valence-electron chi connectivity index (χ0n) is 30.5. The van der Waals surface area contributed by atoms with E-state index >= 15 is 0 Å². The van der Waals surface area contributed by atoms with Crippen LogP contribution in [0.3, 0.4) is 0 Å². The lowest BCUT2D eigenvalue weighted by molar-refractivity contribution is 0.669. The van der Waals surface area contributed by atoms with Crippen LogP contribution < -0.4 is 0 Å². The molecule has 0 amide bonds. The number of rotatable bonds is 3. The average molecular weight is 727 g/mol. The number of aromatic nitrogens is 4. The Morgan fingerprint density at radius 3 is 1.95 bits per heavy atom. The van der Waals surface area contributed by atoms with Gasteiger partial charge in [-0.15, -0.1) is 0 Å². The molecule has 0 N–H and O–H groups in total. The molecule has 5 heteroatoms. The van der Waals surface area contributed by atoms with Crippen molar-refractivity contribution in [3.05, 3.63) is 182 Å². The minimum Gasteiger partial charge on any atom is -0.456 e. The molecule has 0 bridgehead atoms. The first-order chi connectivity index (χ1) is 28.2. The van der Waals surface area contributed by atoms with Gasteiger partial charge < -0.3 is 8.98 Å². The van der Waals surface area contributed by atoms with Crippen LogP contribution in [0.1, 0.15) is 0 Å². The van der Waals surface area contributed by atoms with Gasteiger partial charge in [0.25, 0.3) is 0 Å². The van der Waals surface area contributed by atoms with Crippen LogP contribution in [0, 0.1) is 0 Å². The van der Waals surface area contributed by atoms with Gasteiger partial charge in [-0.3, -0.25) is 4.57 Å². The average Bonchev–Trinajstić information content (AvgIpc) is 3.92. The predicted molar refractivity (Wildman–Crippen MR) is 236 cm³/mol. The Labute approximate surface area is 325 Å². The summed E-state index contributed by atoms with van der Waals surface area (Å²) in [6, 6.07) is 64.9. The molecular weight excluding hydrogens is 697 g/mol. The van der Waals surface area contributed by atoms with E-state index in [2.05, 4.69) is 173 Å². The second-order valence-corrected chi connectivity index (χ2v) is 15.0. The number of hydrogen-bond acceptors (Lipinski definition) is 3. The summed E-state index contributed by atoms with van der Waals surface area (Å²) in [4.78, 5) is 10.7. The third-order valence-electron chi connectivity index (χ3n) is 11.9. The first-order valence-corrected chi connectivity index (χ1v) is 19.3. The van der Waals surface area contributed by atoms with Crippen molar-refractivity contribution >= 4 is 98.0 Å². The van der Waals surface area contributed by atoms with Gasteiger partial charge in [0.05, 0.1) is 33.3 Å². The highest BCUT2D eigenvalue weighted by Crippen LogP contribution is 2.41. The Balaban J connectivity index is 1.10. The van der Waals surface area contributed by atoms with E-state index in [1.807, 2.05) is 18.2 Å². The van der Waals surface area contributed by atoms with Gasteiger partial charge in [-0.05, 0) is 88.3 Å². The van der Waals surface area contributed by atoms with Gasteiger partial charge in [0.15, 0.2) is 0 Å². The molecule has 0 saturated heterocycles. The van der Waals surface area contributed by atoms with E-state index < -0.39 is 0 Å². The van der Waals surface area contributed by atoms with Crippen LogP contribution in [0.4, 0.5) is 0 Å². The van der Waals surface area contributed by atoms with Crippen molar-refractivity contribution in [3.8, 4) is 22.9 Å². The summed E-state index contributed by atoms with van der Waals surface area (Å²) < 4.78 is 11.0. The van der Waals surface area contributed by atoms with Crippen molar-refractivity contribution in [1.82, 2.24) is 19.1 Å². The summed E-state index contributed by atoms with van der Waals surface area (Å²) in [6.07, 6.45) is 0. The third kappa shape index (κ3) is 4.34. The summed E-state index contributed by atoms with van der Waals surface area (Å²) in [5, 5.41) is 12.9. The van der Waals surface area contributed by atoms with Gasteiger partial charge in [0.1, 0.15) is 11.2 Å². The SMILES string of the molecule is c1ccc2cc3c(cc2c1)c1ccccc1n3-c1ccc2c(c1)c1c3ccccc3ccc1n2-c1nc(-c2ccc3c(c2)oc2ccccc23)c2ccccc2n1. The summed E-state index contributed by atoms with van der Waals surface area (Å²) in [7, 11) is 0. The number of benzene rings is 9. The zero-order chi connectivity index (χ0) is 37.2. The van der Waals surface area contributed by atoms with E-state index in [-0.39, 0.29) is 0 Å². The molecule has 13 aromatic rings. The number of nitrogens with zero attached hydrogens (tertiary/aromatic N) is 4. The number of hydrogen-bond donors (Lipinski definition) is 0. The Kier molecular flexibility index (Phi) is 6.10. The molecule has 13 rings (SSSR count). The van der Waals surface area contributed by atoms with E-state index in [1.165, 1.54) is 48.7 Å². The van der Waals surface area contributed by atoms with E-state index in [0.29, 0.717) is 5.95 Å². The molecule has 0 spiro atoms. The highest BCUT2D eigenvalue weighted by atomic mass is 16.3. The normalized spacial score (nSPS) is 12.2. The van der Waals surface area contributed by atoms with Gasteiger partial charge in [-0.2, -0.15) is 0 Å². The molecule has 0 aliphatic heterocycles. The molecule has 0 aliphatic rings. The standard InChI is InChI=1S/C52H30N4O/c1-2-13-33-28-47-41(27-32(33)12-1)37-15-6-9-19-44(37)55(47)35-23-26-45-42(30-35)50-36-14-4-3-11-31(36)22-25-46(50)56(45)52-53-43-18-8-5-17-40(43)51(54-52)34-21-24-39-38-16-7-10-20-48(38)57-49(39)29-34/h1-30H. The minimum absolute atomic E-state index is 0.625. The van der Waals surface area contributed by atoms with Crippen LogP contribution in [0.25, 0.3) is 121 Å². The number of furan rings is 1. The van der Waals surface area contributed by atoms with Crippen LogP contribution in [-0.4, -0.2) is 19.1 Å². The van der Waals surface area contributed by atoms with E-state index in [0.717, 1.165) is 66.2 Å². The molecule has 57 heavy (non-hydrogen) atoms. The second kappa shape index (κ2) is 11.4. The molecule has 0 aliphatic carbocycles. The smallest absolute Gasteiger partial charge is 0.235 e. The van der Waals surface area contributed by atoms with Crippen LogP contribution in [0.15, 0.2) is 186 Å². The number of fused-ring (bicyclic) bond motifs is 13. The maximum atomic E-state index is 6.35. The highest BCUT2D eigenvalue weighted by molar-refractivity contribution is 6.22. The van der Waals surface area contributed by atoms with Crippen LogP contribution in [-0.2, 0) is 0 Å². The van der Waals surface area contributed by atoms with Gasteiger partial charge in [-0.25, -0.2) is 9.97 Å².